The minimum absolute atomic E-state index is 0.0503. The molecule has 0 aliphatic carbocycles. The number of aromatic nitrogens is 1. The summed E-state index contributed by atoms with van der Waals surface area (Å²) in [5.74, 6) is -1.16. The molecule has 3 atom stereocenters. The van der Waals surface area contributed by atoms with E-state index in [9.17, 15) is 38.7 Å². The number of urea groups is 1. The highest BCUT2D eigenvalue weighted by atomic mass is 16.6. The summed E-state index contributed by atoms with van der Waals surface area (Å²) in [6.45, 7) is 30.7. The van der Waals surface area contributed by atoms with E-state index >= 15 is 0 Å². The predicted molar refractivity (Wildman–Crippen MR) is 396 cm³/mol. The van der Waals surface area contributed by atoms with Gasteiger partial charge in [0.05, 0.1) is 39.3 Å². The van der Waals surface area contributed by atoms with Crippen LogP contribution in [-0.4, -0.2) is 156 Å². The van der Waals surface area contributed by atoms with Gasteiger partial charge in [-0.25, -0.2) is 14.4 Å². The standard InChI is InChI=1S/C79H121N7O17/c1-75(2,3)99-68(87)41-33-59-32-40-67(98-54-57-29-36-62(96-17)37-30-57)65(83-59)51-86(52-71(90)102-78(10,11)12)50-60(48-70(89)101-77(7,8)9)82-49-58-47-55(31-39-66(58)97-53-56-27-34-61(95-16)35-28-56)25-24-46-81-44-22-19-18-21-43-80-45-23-20-26-63(72(91)92)84-74(94)85-64(73(93)103-79(13,14)15)38-42-69(88)100-76(4,5)6/h27-32,34-37,39-40,47,60,63-64,80-82H,18-26,33,38,41-46,48-54H2,1-17H3,(H,91,92)(H2,84,85,94)/t60?,63-,64-/m0/s1. The van der Waals surface area contributed by atoms with Gasteiger partial charge in [-0.3, -0.25) is 29.1 Å². The van der Waals surface area contributed by atoms with Crippen molar-refractivity contribution in [1.29, 1.82) is 0 Å². The summed E-state index contributed by atoms with van der Waals surface area (Å²) < 4.78 is 52.1. The van der Waals surface area contributed by atoms with Gasteiger partial charge >= 0.3 is 41.8 Å². The molecule has 103 heavy (non-hydrogen) atoms. The van der Waals surface area contributed by atoms with Crippen LogP contribution in [0.1, 0.15) is 215 Å². The summed E-state index contributed by atoms with van der Waals surface area (Å²) in [5.41, 5.74) is 1.16. The number of hydrogen-bond acceptors (Lipinski definition) is 21. The van der Waals surface area contributed by atoms with Crippen molar-refractivity contribution in [1.82, 2.24) is 36.5 Å². The smallest absolute Gasteiger partial charge is 0.329 e. The number of hydrogen-bond donors (Lipinski definition) is 6. The predicted octanol–water partition coefficient (Wildman–Crippen LogP) is 12.0. The van der Waals surface area contributed by atoms with Gasteiger partial charge in [-0.15, -0.1) is 0 Å². The Hall–Kier alpha value is -8.06. The van der Waals surface area contributed by atoms with E-state index < -0.39 is 82.0 Å². The lowest BCUT2D eigenvalue weighted by Crippen LogP contribution is -2.52. The minimum Gasteiger partial charge on any atom is -0.497 e. The van der Waals surface area contributed by atoms with Crippen molar-refractivity contribution >= 4 is 41.8 Å². The second-order valence-electron chi connectivity index (χ2n) is 30.9. The number of nitrogens with zero attached hydrogens (tertiary/aromatic N) is 2. The van der Waals surface area contributed by atoms with Crippen LogP contribution in [0.3, 0.4) is 0 Å². The Morgan fingerprint density at radius 2 is 0.971 bits per heavy atom. The van der Waals surface area contributed by atoms with Crippen molar-refractivity contribution in [2.75, 3.05) is 53.5 Å². The molecule has 0 saturated heterocycles. The topological polar surface area (TPSA) is 299 Å². The van der Waals surface area contributed by atoms with Crippen molar-refractivity contribution in [3.05, 3.63) is 113 Å². The van der Waals surface area contributed by atoms with Crippen LogP contribution in [0.15, 0.2) is 78.9 Å². The lowest BCUT2D eigenvalue weighted by molar-refractivity contribution is -0.160. The highest BCUT2D eigenvalue weighted by molar-refractivity contribution is 5.87. The van der Waals surface area contributed by atoms with Gasteiger partial charge in [0.15, 0.2) is 0 Å². The summed E-state index contributed by atoms with van der Waals surface area (Å²) in [4.78, 5) is 98.3. The Morgan fingerprint density at radius 1 is 0.495 bits per heavy atom. The maximum atomic E-state index is 14.0. The fourth-order valence-electron chi connectivity index (χ4n) is 10.7. The number of aliphatic carboxylic acids is 1. The van der Waals surface area contributed by atoms with Crippen LogP contribution >= 0.6 is 0 Å². The average Bonchev–Trinajstić information content (AvgIpc) is 0.841. The summed E-state index contributed by atoms with van der Waals surface area (Å²) in [7, 11) is 3.23. The normalized spacial score (nSPS) is 12.9. The summed E-state index contributed by atoms with van der Waals surface area (Å²) >= 11 is 0. The van der Waals surface area contributed by atoms with Crippen LogP contribution in [0.5, 0.6) is 23.0 Å². The number of ether oxygens (including phenoxy) is 9. The first-order valence-electron chi connectivity index (χ1n) is 36.2. The molecule has 574 valence electrons. The number of rotatable bonds is 45. The van der Waals surface area contributed by atoms with Gasteiger partial charge < -0.3 is 74.3 Å². The quantitative estimate of drug-likeness (QED) is 0.0136. The van der Waals surface area contributed by atoms with Crippen LogP contribution in [0.4, 0.5) is 4.79 Å². The maximum absolute atomic E-state index is 14.0. The van der Waals surface area contributed by atoms with E-state index in [1.165, 1.54) is 0 Å². The fourth-order valence-corrected chi connectivity index (χ4v) is 10.7. The molecule has 0 bridgehead atoms. The van der Waals surface area contributed by atoms with Crippen molar-refractivity contribution in [3.8, 4) is 23.0 Å². The number of benzene rings is 3. The largest absolute Gasteiger partial charge is 0.497 e. The molecular weight excluding hydrogens is 1320 g/mol. The third-order valence-corrected chi connectivity index (χ3v) is 15.3. The van der Waals surface area contributed by atoms with Crippen LogP contribution in [0, 0.1) is 0 Å². The maximum Gasteiger partial charge on any atom is 0.329 e. The fraction of sp³-hybridized carbons (Fsp3) is 0.620. The summed E-state index contributed by atoms with van der Waals surface area (Å²) in [6, 6.07) is 21.3. The molecule has 0 fully saturated rings. The monoisotopic (exact) mass is 1440 g/mol. The number of carbonyl (C=O) groups is 7. The van der Waals surface area contributed by atoms with Gasteiger partial charge in [0, 0.05) is 49.8 Å². The molecule has 2 amide bonds. The Labute approximate surface area is 612 Å². The molecule has 1 unspecified atom stereocenters. The molecule has 0 saturated carbocycles. The second-order valence-corrected chi connectivity index (χ2v) is 30.9. The second kappa shape index (κ2) is 43.3. The van der Waals surface area contributed by atoms with Gasteiger partial charge in [0.25, 0.3) is 0 Å². The molecule has 24 heteroatoms. The highest BCUT2D eigenvalue weighted by Gasteiger charge is 2.31. The molecule has 4 aromatic rings. The van der Waals surface area contributed by atoms with E-state index in [0.717, 1.165) is 86.2 Å². The van der Waals surface area contributed by atoms with Crippen LogP contribution in [0.25, 0.3) is 0 Å². The first kappa shape index (κ1) is 87.3. The molecule has 0 spiro atoms. The molecule has 1 heterocycles. The molecule has 1 aromatic heterocycles. The summed E-state index contributed by atoms with van der Waals surface area (Å²) in [6.07, 6.45) is 7.30. The zero-order valence-corrected chi connectivity index (χ0v) is 64.6. The molecule has 0 aliphatic heterocycles. The molecule has 0 radical (unpaired) electrons. The van der Waals surface area contributed by atoms with Gasteiger partial charge in [-0.2, -0.15) is 0 Å². The molecule has 3 aromatic carbocycles. The van der Waals surface area contributed by atoms with Crippen molar-refractivity contribution in [2.24, 2.45) is 0 Å². The van der Waals surface area contributed by atoms with E-state index in [-0.39, 0.29) is 70.9 Å². The highest BCUT2D eigenvalue weighted by Crippen LogP contribution is 2.27. The number of aryl methyl sites for hydroxylation is 2. The van der Waals surface area contributed by atoms with Gasteiger partial charge in [0.2, 0.25) is 0 Å². The lowest BCUT2D eigenvalue weighted by atomic mass is 10.0. The van der Waals surface area contributed by atoms with E-state index in [1.54, 1.807) is 55.8 Å². The third kappa shape index (κ3) is 39.4. The number of amides is 2. The van der Waals surface area contributed by atoms with E-state index in [1.807, 2.05) is 134 Å². The molecule has 24 nitrogen and oxygen atoms in total. The van der Waals surface area contributed by atoms with E-state index in [2.05, 4.69) is 38.7 Å². The average molecular weight is 1440 g/mol. The zero-order chi connectivity index (χ0) is 76.4. The number of pyridine rings is 1. The number of carboxylic acids is 1. The van der Waals surface area contributed by atoms with Gasteiger partial charge in [0.1, 0.15) is 76.3 Å². The third-order valence-electron chi connectivity index (χ3n) is 15.3. The van der Waals surface area contributed by atoms with Crippen LogP contribution in [0.2, 0.25) is 0 Å². The molecule has 4 rings (SSSR count). The summed E-state index contributed by atoms with van der Waals surface area (Å²) in [5, 5.41) is 25.6. The SMILES string of the molecule is COc1ccc(COc2ccc(CCCNCCCCCCNCCCC[C@H](NC(=O)N[C@@H](CCC(=O)OC(C)(C)C)C(=O)OC(C)(C)C)C(=O)O)cc2CNC(CC(=O)OC(C)(C)C)CN(CC(=O)OC(C)(C)C)Cc2nc(CCC(=O)OC(C)(C)C)ccc2OCc2ccc(OC)cc2)cc1. The number of carboxylic acid groups (broad SMARTS) is 1. The Bertz CT molecular complexity index is 3260. The Balaban J connectivity index is 1.40. The van der Waals surface area contributed by atoms with E-state index in [4.69, 9.17) is 47.6 Å². The zero-order valence-electron chi connectivity index (χ0n) is 64.6. The Kier molecular flexibility index (Phi) is 36.7. The van der Waals surface area contributed by atoms with Gasteiger partial charge in [-0.1, -0.05) is 49.2 Å². The number of esters is 5. The van der Waals surface area contributed by atoms with E-state index in [0.29, 0.717) is 61.1 Å². The van der Waals surface area contributed by atoms with Gasteiger partial charge in [-0.05, 0) is 241 Å². The Morgan fingerprint density at radius 3 is 1.50 bits per heavy atom. The number of carbonyl (C=O) groups excluding carboxylic acids is 6. The number of unbranched alkanes of at least 4 members (excludes halogenated alkanes) is 4. The van der Waals surface area contributed by atoms with Crippen molar-refractivity contribution in [3.63, 3.8) is 0 Å². The van der Waals surface area contributed by atoms with Crippen molar-refractivity contribution in [2.45, 2.75) is 266 Å². The van der Waals surface area contributed by atoms with Crippen LogP contribution in [-0.2, 0) is 91.6 Å². The molecule has 6 N–H and O–H groups in total. The minimum atomic E-state index is -1.20. The van der Waals surface area contributed by atoms with Crippen molar-refractivity contribution < 1.29 is 81.3 Å². The van der Waals surface area contributed by atoms with Crippen LogP contribution < -0.4 is 45.5 Å². The lowest BCUT2D eigenvalue weighted by Gasteiger charge is -2.30. The number of methoxy groups -OCH3 is 2. The molecular formula is C79H121N7O17. The first-order chi connectivity index (χ1) is 48.3. The molecule has 0 aliphatic rings. The number of nitrogens with one attached hydrogen (secondary N) is 5. The first-order valence-corrected chi connectivity index (χ1v) is 36.2.